The van der Waals surface area contributed by atoms with E-state index in [1.165, 1.54) is 4.90 Å². The van der Waals surface area contributed by atoms with Crippen molar-refractivity contribution in [1.82, 2.24) is 4.90 Å². The summed E-state index contributed by atoms with van der Waals surface area (Å²) in [5, 5.41) is 8.72. The van der Waals surface area contributed by atoms with Crippen molar-refractivity contribution < 1.29 is 18.3 Å². The smallest absolute Gasteiger partial charge is 0.254 e. The van der Waals surface area contributed by atoms with E-state index in [1.807, 2.05) is 0 Å². The third-order valence-electron chi connectivity index (χ3n) is 2.76. The van der Waals surface area contributed by atoms with Gasteiger partial charge in [0.25, 0.3) is 5.91 Å². The van der Waals surface area contributed by atoms with Crippen molar-refractivity contribution in [3.8, 4) is 11.8 Å². The Morgan fingerprint density at radius 3 is 2.62 bits per heavy atom. The molecule has 0 fully saturated rings. The third-order valence-corrected chi connectivity index (χ3v) is 3.69. The highest BCUT2D eigenvalue weighted by molar-refractivity contribution is 7.90. The molecule has 21 heavy (non-hydrogen) atoms. The summed E-state index contributed by atoms with van der Waals surface area (Å²) in [6.07, 6.45) is 1.48. The van der Waals surface area contributed by atoms with Gasteiger partial charge in [0.15, 0.2) is 0 Å². The highest BCUT2D eigenvalue weighted by atomic mass is 32.2. The van der Waals surface area contributed by atoms with Crippen molar-refractivity contribution in [3.05, 3.63) is 35.4 Å². The van der Waals surface area contributed by atoms with E-state index in [0.29, 0.717) is 17.5 Å². The molecule has 0 saturated carbocycles. The SMILES string of the molecule is CN(CCS(C)(=O)=O)C(=O)c1ccccc1C#CCCO. The van der Waals surface area contributed by atoms with E-state index in [-0.39, 0.29) is 24.8 Å². The first kappa shape index (κ1) is 17.2. The summed E-state index contributed by atoms with van der Waals surface area (Å²) in [5.74, 6) is 5.28. The minimum atomic E-state index is -3.11. The Balaban J connectivity index is 2.90. The van der Waals surface area contributed by atoms with E-state index >= 15 is 0 Å². The Hall–Kier alpha value is -1.84. The number of benzene rings is 1. The topological polar surface area (TPSA) is 74.7 Å². The molecular weight excluding hydrogens is 290 g/mol. The fourth-order valence-electron chi connectivity index (χ4n) is 1.60. The Morgan fingerprint density at radius 2 is 2.00 bits per heavy atom. The van der Waals surface area contributed by atoms with Crippen LogP contribution in [-0.4, -0.2) is 56.5 Å². The van der Waals surface area contributed by atoms with Crippen LogP contribution in [0.3, 0.4) is 0 Å². The second kappa shape index (κ2) is 7.81. The van der Waals surface area contributed by atoms with Crippen LogP contribution < -0.4 is 0 Å². The van der Waals surface area contributed by atoms with Crippen molar-refractivity contribution in [1.29, 1.82) is 0 Å². The number of sulfone groups is 1. The van der Waals surface area contributed by atoms with Crippen LogP contribution in [0, 0.1) is 11.8 Å². The van der Waals surface area contributed by atoms with Crippen LogP contribution in [0.4, 0.5) is 0 Å². The number of carbonyl (C=O) groups is 1. The van der Waals surface area contributed by atoms with Gasteiger partial charge in [-0.05, 0) is 12.1 Å². The van der Waals surface area contributed by atoms with Crippen molar-refractivity contribution in [2.24, 2.45) is 0 Å². The molecule has 0 bridgehead atoms. The number of amides is 1. The molecular formula is C15H19NO4S. The standard InChI is InChI=1S/C15H19NO4S/c1-16(10-12-21(2,19)20)15(18)14-9-4-3-7-13(14)8-5-6-11-17/h3-4,7,9,17H,6,10-12H2,1-2H3. The van der Waals surface area contributed by atoms with E-state index in [2.05, 4.69) is 11.8 Å². The van der Waals surface area contributed by atoms with Crippen LogP contribution in [0.15, 0.2) is 24.3 Å². The lowest BCUT2D eigenvalue weighted by molar-refractivity contribution is 0.0803. The van der Waals surface area contributed by atoms with Gasteiger partial charge in [0.2, 0.25) is 0 Å². The summed E-state index contributed by atoms with van der Waals surface area (Å²) in [6.45, 7) is 0.105. The van der Waals surface area contributed by atoms with Gasteiger partial charge in [0.05, 0.1) is 17.9 Å². The van der Waals surface area contributed by atoms with Crippen LogP contribution in [-0.2, 0) is 9.84 Å². The fourth-order valence-corrected chi connectivity index (χ4v) is 2.21. The molecule has 0 atom stereocenters. The lowest BCUT2D eigenvalue weighted by Gasteiger charge is -2.17. The third kappa shape index (κ3) is 5.98. The molecule has 0 aromatic heterocycles. The summed E-state index contributed by atoms with van der Waals surface area (Å²) in [7, 11) is -1.55. The van der Waals surface area contributed by atoms with Crippen molar-refractivity contribution in [2.45, 2.75) is 6.42 Å². The molecule has 1 rings (SSSR count). The van der Waals surface area contributed by atoms with E-state index in [1.54, 1.807) is 31.3 Å². The lowest BCUT2D eigenvalue weighted by Crippen LogP contribution is -2.31. The van der Waals surface area contributed by atoms with Gasteiger partial charge in [-0.2, -0.15) is 0 Å². The van der Waals surface area contributed by atoms with Gasteiger partial charge in [-0.25, -0.2) is 8.42 Å². The molecule has 0 aliphatic heterocycles. The molecule has 0 spiro atoms. The Bertz CT molecular complexity index is 656. The minimum Gasteiger partial charge on any atom is -0.395 e. The van der Waals surface area contributed by atoms with Crippen LogP contribution in [0.1, 0.15) is 22.3 Å². The van der Waals surface area contributed by atoms with Gasteiger partial charge in [0, 0.05) is 31.8 Å². The summed E-state index contributed by atoms with van der Waals surface area (Å²) in [5.41, 5.74) is 1.00. The van der Waals surface area contributed by atoms with Crippen molar-refractivity contribution >= 4 is 15.7 Å². The zero-order chi connectivity index (χ0) is 15.9. The number of hydrogen-bond acceptors (Lipinski definition) is 4. The Kier molecular flexibility index (Phi) is 6.40. The molecule has 6 heteroatoms. The average molecular weight is 309 g/mol. The molecule has 114 valence electrons. The average Bonchev–Trinajstić information content (AvgIpc) is 2.44. The Morgan fingerprint density at radius 1 is 1.33 bits per heavy atom. The molecule has 0 radical (unpaired) electrons. The van der Waals surface area contributed by atoms with Crippen molar-refractivity contribution in [2.75, 3.05) is 32.2 Å². The molecule has 1 amide bonds. The number of hydrogen-bond donors (Lipinski definition) is 1. The molecule has 0 saturated heterocycles. The van der Waals surface area contributed by atoms with Crippen LogP contribution >= 0.6 is 0 Å². The van der Waals surface area contributed by atoms with Gasteiger partial charge in [0.1, 0.15) is 9.84 Å². The quantitative estimate of drug-likeness (QED) is 0.806. The first-order valence-corrected chi connectivity index (χ1v) is 8.53. The van der Waals surface area contributed by atoms with Crippen LogP contribution in [0.25, 0.3) is 0 Å². The van der Waals surface area contributed by atoms with Gasteiger partial charge in [-0.15, -0.1) is 0 Å². The molecule has 0 heterocycles. The number of aliphatic hydroxyl groups excluding tert-OH is 1. The zero-order valence-electron chi connectivity index (χ0n) is 12.2. The maximum Gasteiger partial charge on any atom is 0.254 e. The summed E-state index contributed by atoms with van der Waals surface area (Å²) >= 11 is 0. The first-order chi connectivity index (χ1) is 9.85. The van der Waals surface area contributed by atoms with E-state index < -0.39 is 9.84 Å². The predicted octanol–water partition coefficient (Wildman–Crippen LogP) is 0.537. The molecule has 0 unspecified atom stereocenters. The van der Waals surface area contributed by atoms with Crippen LogP contribution in [0.2, 0.25) is 0 Å². The summed E-state index contributed by atoms with van der Waals surface area (Å²) in [4.78, 5) is 13.7. The number of carbonyl (C=O) groups excluding carboxylic acids is 1. The normalized spacial score (nSPS) is 10.6. The van der Waals surface area contributed by atoms with E-state index in [9.17, 15) is 13.2 Å². The lowest BCUT2D eigenvalue weighted by atomic mass is 10.1. The number of nitrogens with zero attached hydrogens (tertiary/aromatic N) is 1. The monoisotopic (exact) mass is 309 g/mol. The molecule has 0 aliphatic rings. The molecule has 1 N–H and O–H groups in total. The van der Waals surface area contributed by atoms with Gasteiger partial charge in [-0.3, -0.25) is 4.79 Å². The van der Waals surface area contributed by atoms with E-state index in [0.717, 1.165) is 6.26 Å². The van der Waals surface area contributed by atoms with Crippen LogP contribution in [0.5, 0.6) is 0 Å². The molecule has 5 nitrogen and oxygen atoms in total. The number of rotatable bonds is 5. The van der Waals surface area contributed by atoms with Gasteiger partial charge >= 0.3 is 0 Å². The Labute approximate surface area is 125 Å². The van der Waals surface area contributed by atoms with Crippen molar-refractivity contribution in [3.63, 3.8) is 0 Å². The predicted molar refractivity (Wildman–Crippen MR) is 81.7 cm³/mol. The zero-order valence-corrected chi connectivity index (χ0v) is 13.0. The minimum absolute atomic E-state index is 0.0304. The first-order valence-electron chi connectivity index (χ1n) is 6.47. The maximum atomic E-state index is 12.3. The number of aliphatic hydroxyl groups is 1. The van der Waals surface area contributed by atoms with Gasteiger partial charge in [-0.1, -0.05) is 24.0 Å². The second-order valence-corrected chi connectivity index (χ2v) is 6.94. The fraction of sp³-hybridized carbons (Fsp3) is 0.400. The molecule has 0 aliphatic carbocycles. The highest BCUT2D eigenvalue weighted by Gasteiger charge is 2.16. The highest BCUT2D eigenvalue weighted by Crippen LogP contribution is 2.10. The summed E-state index contributed by atoms with van der Waals surface area (Å²) in [6, 6.07) is 6.88. The van der Waals surface area contributed by atoms with E-state index in [4.69, 9.17) is 5.11 Å². The maximum absolute atomic E-state index is 12.3. The molecule has 1 aromatic rings. The second-order valence-electron chi connectivity index (χ2n) is 4.68. The largest absolute Gasteiger partial charge is 0.395 e. The van der Waals surface area contributed by atoms with Gasteiger partial charge < -0.3 is 10.0 Å². The summed E-state index contributed by atoms with van der Waals surface area (Å²) < 4.78 is 22.3. The molecule has 1 aromatic carbocycles.